The van der Waals surface area contributed by atoms with E-state index in [2.05, 4.69) is 15.5 Å². The molecule has 0 aliphatic carbocycles. The first-order chi connectivity index (χ1) is 9.09. The van der Waals surface area contributed by atoms with Gasteiger partial charge in [0.15, 0.2) is 0 Å². The molecule has 2 aromatic rings. The Kier molecular flexibility index (Phi) is 3.79. The highest BCUT2D eigenvalue weighted by atomic mass is 16.1. The largest absolute Gasteiger partial charge is 0.398 e. The molecule has 0 aliphatic rings. The minimum absolute atomic E-state index is 0.164. The third kappa shape index (κ3) is 2.90. The number of carbonyl (C=O) groups is 1. The van der Waals surface area contributed by atoms with Crippen molar-refractivity contribution in [3.8, 4) is 0 Å². The Hall–Kier alpha value is -2.37. The van der Waals surface area contributed by atoms with E-state index in [0.29, 0.717) is 24.2 Å². The van der Waals surface area contributed by atoms with E-state index in [1.54, 1.807) is 12.4 Å². The van der Waals surface area contributed by atoms with Gasteiger partial charge in [-0.2, -0.15) is 0 Å². The van der Waals surface area contributed by atoms with Gasteiger partial charge in [-0.1, -0.05) is 12.1 Å². The van der Waals surface area contributed by atoms with Gasteiger partial charge in [-0.3, -0.25) is 4.79 Å². The normalized spacial score (nSPS) is 10.4. The monoisotopic (exact) mass is 259 g/mol. The van der Waals surface area contributed by atoms with Crippen LogP contribution in [0.25, 0.3) is 0 Å². The van der Waals surface area contributed by atoms with Gasteiger partial charge in [0.25, 0.3) is 5.91 Å². The Bertz CT molecular complexity index is 590. The highest BCUT2D eigenvalue weighted by Gasteiger charge is 2.10. The standard InChI is InChI=1S/C13H17N5O/c1-9-4-3-5-10(12(9)14)13(19)15-7-6-11-17-16-8-18(11)2/h3-5,8H,6-7,14H2,1-2H3,(H,15,19). The molecule has 1 heterocycles. The minimum Gasteiger partial charge on any atom is -0.398 e. The van der Waals surface area contributed by atoms with E-state index in [1.165, 1.54) is 0 Å². The summed E-state index contributed by atoms with van der Waals surface area (Å²) in [4.78, 5) is 12.0. The zero-order chi connectivity index (χ0) is 13.8. The fraction of sp³-hybridized carbons (Fsp3) is 0.308. The van der Waals surface area contributed by atoms with Crippen LogP contribution in [0.3, 0.4) is 0 Å². The lowest BCUT2D eigenvalue weighted by Crippen LogP contribution is -2.27. The van der Waals surface area contributed by atoms with Crippen LogP contribution in [0.5, 0.6) is 0 Å². The third-order valence-corrected chi connectivity index (χ3v) is 3.01. The lowest BCUT2D eigenvalue weighted by atomic mass is 10.1. The van der Waals surface area contributed by atoms with Crippen LogP contribution < -0.4 is 11.1 Å². The smallest absolute Gasteiger partial charge is 0.253 e. The van der Waals surface area contributed by atoms with Crippen LogP contribution in [0, 0.1) is 6.92 Å². The molecule has 0 aliphatic heterocycles. The number of nitrogens with two attached hydrogens (primary N) is 1. The second-order valence-electron chi connectivity index (χ2n) is 4.40. The predicted molar refractivity (Wildman–Crippen MR) is 72.6 cm³/mol. The maximum absolute atomic E-state index is 12.0. The molecule has 6 nitrogen and oxygen atoms in total. The Morgan fingerprint density at radius 1 is 1.47 bits per heavy atom. The average Bonchev–Trinajstić information content (AvgIpc) is 2.78. The fourth-order valence-electron chi connectivity index (χ4n) is 1.80. The summed E-state index contributed by atoms with van der Waals surface area (Å²) in [5.41, 5.74) is 7.83. The number of aromatic nitrogens is 3. The Morgan fingerprint density at radius 3 is 2.95 bits per heavy atom. The van der Waals surface area contributed by atoms with E-state index in [0.717, 1.165) is 11.4 Å². The molecular formula is C13H17N5O. The van der Waals surface area contributed by atoms with Gasteiger partial charge in [0, 0.05) is 25.7 Å². The summed E-state index contributed by atoms with van der Waals surface area (Å²) in [6, 6.07) is 5.43. The van der Waals surface area contributed by atoms with Crippen LogP contribution in [0.2, 0.25) is 0 Å². The molecule has 100 valence electrons. The Morgan fingerprint density at radius 2 is 2.26 bits per heavy atom. The van der Waals surface area contributed by atoms with Gasteiger partial charge in [0.05, 0.1) is 5.56 Å². The van der Waals surface area contributed by atoms with E-state index in [4.69, 9.17) is 5.73 Å². The zero-order valence-electron chi connectivity index (χ0n) is 11.1. The number of aryl methyl sites for hydroxylation is 2. The molecule has 0 atom stereocenters. The molecule has 0 spiro atoms. The van der Waals surface area contributed by atoms with Gasteiger partial charge >= 0.3 is 0 Å². The van der Waals surface area contributed by atoms with Crippen molar-refractivity contribution in [2.45, 2.75) is 13.3 Å². The van der Waals surface area contributed by atoms with Gasteiger partial charge in [-0.05, 0) is 18.6 Å². The topological polar surface area (TPSA) is 85.8 Å². The van der Waals surface area contributed by atoms with E-state index in [-0.39, 0.29) is 5.91 Å². The van der Waals surface area contributed by atoms with Crippen LogP contribution in [0.15, 0.2) is 24.5 Å². The van der Waals surface area contributed by atoms with Gasteiger partial charge in [-0.15, -0.1) is 10.2 Å². The minimum atomic E-state index is -0.164. The summed E-state index contributed by atoms with van der Waals surface area (Å²) >= 11 is 0. The predicted octanol–water partition coefficient (Wildman–Crippen LogP) is 0.678. The number of rotatable bonds is 4. The summed E-state index contributed by atoms with van der Waals surface area (Å²) in [6.07, 6.45) is 2.27. The number of anilines is 1. The lowest BCUT2D eigenvalue weighted by molar-refractivity contribution is 0.0954. The van der Waals surface area contributed by atoms with Crippen LogP contribution in [-0.2, 0) is 13.5 Å². The fourth-order valence-corrected chi connectivity index (χ4v) is 1.80. The molecule has 0 unspecified atom stereocenters. The Balaban J connectivity index is 1.95. The highest BCUT2D eigenvalue weighted by Crippen LogP contribution is 2.15. The highest BCUT2D eigenvalue weighted by molar-refractivity contribution is 5.99. The third-order valence-electron chi connectivity index (χ3n) is 3.01. The maximum Gasteiger partial charge on any atom is 0.253 e. The lowest BCUT2D eigenvalue weighted by Gasteiger charge is -2.09. The quantitative estimate of drug-likeness (QED) is 0.790. The van der Waals surface area contributed by atoms with E-state index in [9.17, 15) is 4.79 Å². The molecule has 0 saturated heterocycles. The molecule has 1 aromatic heterocycles. The summed E-state index contributed by atoms with van der Waals surface area (Å²) < 4.78 is 1.83. The zero-order valence-corrected chi connectivity index (χ0v) is 11.1. The van der Waals surface area contributed by atoms with Gasteiger partial charge in [-0.25, -0.2) is 0 Å². The molecule has 2 rings (SSSR count). The number of nitrogens with zero attached hydrogens (tertiary/aromatic N) is 3. The summed E-state index contributed by atoms with van der Waals surface area (Å²) in [5.74, 6) is 0.667. The van der Waals surface area contributed by atoms with Crippen LogP contribution in [-0.4, -0.2) is 27.2 Å². The van der Waals surface area contributed by atoms with Crippen molar-refractivity contribution in [3.63, 3.8) is 0 Å². The second-order valence-corrected chi connectivity index (χ2v) is 4.40. The average molecular weight is 259 g/mol. The summed E-state index contributed by atoms with van der Waals surface area (Å²) in [6.45, 7) is 2.38. The van der Waals surface area contributed by atoms with Gasteiger partial charge < -0.3 is 15.6 Å². The van der Waals surface area contributed by atoms with Crippen molar-refractivity contribution in [2.75, 3.05) is 12.3 Å². The van der Waals surface area contributed by atoms with Crippen molar-refractivity contribution in [1.29, 1.82) is 0 Å². The summed E-state index contributed by atoms with van der Waals surface area (Å²) in [7, 11) is 1.87. The number of benzene rings is 1. The first-order valence-corrected chi connectivity index (χ1v) is 6.05. The number of nitrogen functional groups attached to an aromatic ring is 1. The van der Waals surface area contributed by atoms with Gasteiger partial charge in [0.1, 0.15) is 12.2 Å². The molecule has 1 aromatic carbocycles. The van der Waals surface area contributed by atoms with E-state index < -0.39 is 0 Å². The number of carbonyl (C=O) groups excluding carboxylic acids is 1. The van der Waals surface area contributed by atoms with Crippen molar-refractivity contribution in [3.05, 3.63) is 41.5 Å². The van der Waals surface area contributed by atoms with Gasteiger partial charge in [0.2, 0.25) is 0 Å². The van der Waals surface area contributed by atoms with Crippen molar-refractivity contribution in [1.82, 2.24) is 20.1 Å². The molecular weight excluding hydrogens is 242 g/mol. The number of hydrogen-bond acceptors (Lipinski definition) is 4. The van der Waals surface area contributed by atoms with E-state index >= 15 is 0 Å². The molecule has 0 radical (unpaired) electrons. The van der Waals surface area contributed by atoms with Crippen molar-refractivity contribution in [2.24, 2.45) is 7.05 Å². The van der Waals surface area contributed by atoms with Crippen molar-refractivity contribution >= 4 is 11.6 Å². The second kappa shape index (κ2) is 5.51. The number of nitrogens with one attached hydrogen (secondary N) is 1. The molecule has 0 bridgehead atoms. The first kappa shape index (κ1) is 13.1. The van der Waals surface area contributed by atoms with Crippen LogP contribution in [0.1, 0.15) is 21.7 Å². The molecule has 0 fully saturated rings. The SMILES string of the molecule is Cc1cccc(C(=O)NCCc2nncn2C)c1N. The molecule has 0 saturated carbocycles. The first-order valence-electron chi connectivity index (χ1n) is 6.05. The molecule has 1 amide bonds. The maximum atomic E-state index is 12.0. The van der Waals surface area contributed by atoms with Crippen LogP contribution >= 0.6 is 0 Å². The number of hydrogen-bond donors (Lipinski definition) is 2. The number of para-hydroxylation sites is 1. The molecule has 6 heteroatoms. The summed E-state index contributed by atoms with van der Waals surface area (Å²) in [5, 5.41) is 10.6. The molecule has 19 heavy (non-hydrogen) atoms. The van der Waals surface area contributed by atoms with Crippen LogP contribution in [0.4, 0.5) is 5.69 Å². The van der Waals surface area contributed by atoms with Crippen molar-refractivity contribution < 1.29 is 4.79 Å². The Labute approximate surface area is 111 Å². The van der Waals surface area contributed by atoms with E-state index in [1.807, 2.05) is 30.7 Å². The number of amides is 1. The molecule has 3 N–H and O–H groups in total.